The predicted molar refractivity (Wildman–Crippen MR) is 84.2 cm³/mol. The molecule has 0 heterocycles. The minimum absolute atomic E-state index is 0.113. The number of aliphatic hydroxyl groups is 1. The molecule has 0 bridgehead atoms. The fraction of sp³-hybridized carbons (Fsp3) is 0.429. The van der Waals surface area contributed by atoms with Crippen LogP contribution in [-0.2, 0) is 5.75 Å². The maximum atomic E-state index is 11.7. The quantitative estimate of drug-likeness (QED) is 0.387. The van der Waals surface area contributed by atoms with Crippen LogP contribution in [0.15, 0.2) is 24.3 Å². The van der Waals surface area contributed by atoms with E-state index in [1.165, 1.54) is 0 Å². The summed E-state index contributed by atoms with van der Waals surface area (Å²) in [5, 5.41) is 13.0. The summed E-state index contributed by atoms with van der Waals surface area (Å²) in [6.45, 7) is 0.908. The Morgan fingerprint density at radius 1 is 1.40 bits per heavy atom. The predicted octanol–water partition coefficient (Wildman–Crippen LogP) is 0.376. The molecule has 1 fully saturated rings. The van der Waals surface area contributed by atoms with Gasteiger partial charge in [0, 0.05) is 36.4 Å². The highest BCUT2D eigenvalue weighted by Gasteiger charge is 2.36. The molecule has 1 amide bonds. The Morgan fingerprint density at radius 2 is 2.05 bits per heavy atom. The van der Waals surface area contributed by atoms with Gasteiger partial charge in [-0.3, -0.25) is 4.79 Å². The zero-order valence-electron chi connectivity index (χ0n) is 11.2. The minimum Gasteiger partial charge on any atom is -0.359 e. The van der Waals surface area contributed by atoms with E-state index in [0.29, 0.717) is 23.7 Å². The molecular formula is C14H21N3O2S. The van der Waals surface area contributed by atoms with Crippen molar-refractivity contribution in [2.75, 3.05) is 13.1 Å². The van der Waals surface area contributed by atoms with Crippen LogP contribution >= 0.6 is 11.4 Å². The summed E-state index contributed by atoms with van der Waals surface area (Å²) in [5.41, 5.74) is 12.7. The molecule has 2 unspecified atom stereocenters. The second-order valence-electron chi connectivity index (χ2n) is 4.92. The molecule has 1 aliphatic rings. The molecule has 0 aromatic heterocycles. The molecule has 1 saturated carbocycles. The molecule has 2 rings (SSSR count). The Labute approximate surface area is 122 Å². The summed E-state index contributed by atoms with van der Waals surface area (Å²) in [6.07, 6.45) is 0.888. The lowest BCUT2D eigenvalue weighted by Crippen LogP contribution is -2.28. The highest BCUT2D eigenvalue weighted by atomic mass is 32.1. The van der Waals surface area contributed by atoms with Crippen molar-refractivity contribution in [3.05, 3.63) is 35.4 Å². The highest BCUT2D eigenvalue weighted by Crippen LogP contribution is 2.30. The number of benzene rings is 1. The van der Waals surface area contributed by atoms with Crippen LogP contribution in [0.5, 0.6) is 0 Å². The third-order valence-electron chi connectivity index (χ3n) is 3.24. The fourth-order valence-corrected chi connectivity index (χ4v) is 2.94. The molecule has 0 spiro atoms. The first-order valence-electron chi connectivity index (χ1n) is 6.68. The minimum atomic E-state index is -0.113. The van der Waals surface area contributed by atoms with E-state index in [2.05, 4.69) is 5.32 Å². The number of hydrogen-bond acceptors (Lipinski definition) is 3. The van der Waals surface area contributed by atoms with Crippen LogP contribution in [0.25, 0.3) is 0 Å². The summed E-state index contributed by atoms with van der Waals surface area (Å²) >= 11 is 0.893. The molecule has 1 aromatic carbocycles. The van der Waals surface area contributed by atoms with Gasteiger partial charge in [-0.15, -0.1) is 0 Å². The summed E-state index contributed by atoms with van der Waals surface area (Å²) in [7, 11) is 0. The van der Waals surface area contributed by atoms with E-state index in [1.54, 1.807) is 12.1 Å². The van der Waals surface area contributed by atoms with Crippen molar-refractivity contribution < 1.29 is 9.90 Å². The van der Waals surface area contributed by atoms with Gasteiger partial charge in [0.1, 0.15) is 0 Å². The molecule has 1 aromatic rings. The van der Waals surface area contributed by atoms with Gasteiger partial charge in [0.25, 0.3) is 5.91 Å². The standard InChI is InChI=1S/C14H21N3O2S/c15-5-6-17-13(18)10-3-1-9(2-4-10)8-20-14(19)11-7-12(11)16/h1-4,11-12,19-20H,5-8,15-16H2,(H,17,18). The molecule has 2 atom stereocenters. The van der Waals surface area contributed by atoms with Crippen molar-refractivity contribution in [2.45, 2.75) is 18.2 Å². The van der Waals surface area contributed by atoms with Gasteiger partial charge in [0.2, 0.25) is 0 Å². The van der Waals surface area contributed by atoms with Crippen molar-refractivity contribution in [1.82, 2.24) is 5.32 Å². The zero-order valence-corrected chi connectivity index (χ0v) is 12.1. The van der Waals surface area contributed by atoms with Crippen LogP contribution in [0, 0.1) is 5.92 Å². The van der Waals surface area contributed by atoms with Gasteiger partial charge in [-0.25, -0.2) is 0 Å². The van der Waals surface area contributed by atoms with E-state index in [1.807, 2.05) is 12.1 Å². The van der Waals surface area contributed by atoms with Crippen LogP contribution in [0.2, 0.25) is 0 Å². The molecule has 20 heavy (non-hydrogen) atoms. The lowest BCUT2D eigenvalue weighted by molar-refractivity contribution is 0.0955. The first kappa shape index (κ1) is 15.2. The van der Waals surface area contributed by atoms with E-state index in [4.69, 9.17) is 11.5 Å². The number of carbonyl (C=O) groups is 1. The molecule has 0 aliphatic heterocycles. The first-order valence-corrected chi connectivity index (χ1v) is 7.76. The second-order valence-corrected chi connectivity index (χ2v) is 6.01. The van der Waals surface area contributed by atoms with Gasteiger partial charge in [0.05, 0.1) is 5.05 Å². The van der Waals surface area contributed by atoms with Crippen LogP contribution < -0.4 is 16.8 Å². The van der Waals surface area contributed by atoms with Crippen molar-refractivity contribution in [2.24, 2.45) is 17.4 Å². The van der Waals surface area contributed by atoms with E-state index in [0.717, 1.165) is 29.1 Å². The van der Waals surface area contributed by atoms with Gasteiger partial charge < -0.3 is 21.9 Å². The third-order valence-corrected chi connectivity index (χ3v) is 4.42. The Balaban J connectivity index is 1.89. The smallest absolute Gasteiger partial charge is 0.251 e. The largest absolute Gasteiger partial charge is 0.359 e. The topological polar surface area (TPSA) is 101 Å². The van der Waals surface area contributed by atoms with Crippen LogP contribution in [0.1, 0.15) is 22.3 Å². The fourth-order valence-electron chi connectivity index (χ4n) is 1.85. The summed E-state index contributed by atoms with van der Waals surface area (Å²) in [6, 6.07) is 7.53. The maximum absolute atomic E-state index is 11.7. The number of aliphatic hydroxyl groups excluding tert-OH is 1. The molecular weight excluding hydrogens is 274 g/mol. The Bertz CT molecular complexity index is 502. The molecule has 6 heteroatoms. The van der Waals surface area contributed by atoms with Crippen molar-refractivity contribution in [3.63, 3.8) is 0 Å². The Morgan fingerprint density at radius 3 is 2.60 bits per heavy atom. The van der Waals surface area contributed by atoms with Gasteiger partial charge in [-0.05, 0) is 24.1 Å². The Kier molecular flexibility index (Phi) is 5.31. The Hall–Kier alpha value is -1.21. The average molecular weight is 295 g/mol. The summed E-state index contributed by atoms with van der Waals surface area (Å²) < 4.78 is 0. The lowest BCUT2D eigenvalue weighted by atomic mass is 10.1. The van der Waals surface area contributed by atoms with Crippen LogP contribution in [0.4, 0.5) is 0 Å². The number of rotatable bonds is 6. The second kappa shape index (κ2) is 6.99. The van der Waals surface area contributed by atoms with Crippen molar-refractivity contribution in [1.29, 1.82) is 0 Å². The normalized spacial score (nSPS) is 22.1. The summed E-state index contributed by atoms with van der Waals surface area (Å²) in [4.78, 5) is 11.7. The molecule has 0 saturated heterocycles. The monoisotopic (exact) mass is 295 g/mol. The van der Waals surface area contributed by atoms with E-state index in [-0.39, 0.29) is 17.9 Å². The number of carbonyl (C=O) groups excluding carboxylic acids is 1. The number of hydrogen-bond donors (Lipinski definition) is 5. The van der Waals surface area contributed by atoms with Crippen LogP contribution in [0.3, 0.4) is 0 Å². The molecule has 0 radical (unpaired) electrons. The van der Waals surface area contributed by atoms with Gasteiger partial charge in [-0.2, -0.15) is 11.4 Å². The van der Waals surface area contributed by atoms with Gasteiger partial charge in [-0.1, -0.05) is 12.1 Å². The van der Waals surface area contributed by atoms with Crippen molar-refractivity contribution >= 4 is 22.3 Å². The molecule has 1 aliphatic carbocycles. The lowest BCUT2D eigenvalue weighted by Gasteiger charge is -2.04. The third kappa shape index (κ3) is 4.14. The number of thiol groups is 1. The average Bonchev–Trinajstić information content (AvgIpc) is 3.20. The number of nitrogens with two attached hydrogens (primary N) is 2. The van der Waals surface area contributed by atoms with Crippen molar-refractivity contribution in [3.8, 4) is 0 Å². The summed E-state index contributed by atoms with van der Waals surface area (Å²) in [5.74, 6) is 0.802. The van der Waals surface area contributed by atoms with E-state index < -0.39 is 0 Å². The van der Waals surface area contributed by atoms with Gasteiger partial charge in [0.15, 0.2) is 0 Å². The molecule has 6 N–H and O–H groups in total. The van der Waals surface area contributed by atoms with Gasteiger partial charge >= 0.3 is 0 Å². The van der Waals surface area contributed by atoms with E-state index in [9.17, 15) is 9.90 Å². The van der Waals surface area contributed by atoms with Crippen LogP contribution in [-0.4, -0.2) is 35.2 Å². The SMILES string of the molecule is NCCNC(=O)c1ccc(C[SH]=C(O)C2CC2N)cc1. The number of nitrogens with one attached hydrogen (secondary N) is 1. The first-order chi connectivity index (χ1) is 9.61. The molecule has 110 valence electrons. The molecule has 5 nitrogen and oxygen atoms in total. The zero-order chi connectivity index (χ0) is 14.5. The maximum Gasteiger partial charge on any atom is 0.251 e. The highest BCUT2D eigenvalue weighted by molar-refractivity contribution is 7.97. The number of amides is 1. The van der Waals surface area contributed by atoms with E-state index >= 15 is 0 Å².